The Morgan fingerprint density at radius 2 is 2.00 bits per heavy atom. The molecule has 1 heterocycles. The van der Waals surface area contributed by atoms with Gasteiger partial charge in [0.05, 0.1) is 0 Å². The average molecular weight is 319 g/mol. The van der Waals surface area contributed by atoms with Crippen LogP contribution in [0.25, 0.3) is 0 Å². The van der Waals surface area contributed by atoms with E-state index in [0.717, 1.165) is 43.6 Å². The summed E-state index contributed by atoms with van der Waals surface area (Å²) in [5, 5.41) is 7.39. The van der Waals surface area contributed by atoms with E-state index in [-0.39, 0.29) is 0 Å². The lowest BCUT2D eigenvalue weighted by Crippen LogP contribution is -2.39. The molecular weight excluding hydrogens is 296 g/mol. The first-order valence-corrected chi connectivity index (χ1v) is 8.03. The van der Waals surface area contributed by atoms with E-state index in [1.807, 2.05) is 30.3 Å². The molecule has 0 bridgehead atoms. The lowest BCUT2D eigenvalue weighted by Gasteiger charge is -2.11. The van der Waals surface area contributed by atoms with Gasteiger partial charge in [-0.1, -0.05) is 23.7 Å². The molecule has 0 saturated carbocycles. The Kier molecular flexibility index (Phi) is 6.84. The fourth-order valence-corrected chi connectivity index (χ4v) is 2.37. The van der Waals surface area contributed by atoms with E-state index in [0.29, 0.717) is 0 Å². The van der Waals surface area contributed by atoms with Gasteiger partial charge in [0.25, 0.3) is 0 Å². The fourth-order valence-electron chi connectivity index (χ4n) is 2.15. The zero-order valence-corrected chi connectivity index (χ0v) is 13.7. The molecule has 0 amide bonds. The Hall–Kier alpha value is -1.94. The quantitative estimate of drug-likeness (QED) is 0.609. The smallest absolute Gasteiger partial charge is 0.191 e. The van der Waals surface area contributed by atoms with Crippen molar-refractivity contribution in [3.8, 4) is 0 Å². The van der Waals surface area contributed by atoms with E-state index in [1.54, 1.807) is 0 Å². The van der Waals surface area contributed by atoms with Crippen molar-refractivity contribution in [1.82, 2.24) is 15.2 Å². The summed E-state index contributed by atoms with van der Waals surface area (Å²) in [5.74, 6) is 0.858. The molecule has 1 aromatic heterocycles. The van der Waals surface area contributed by atoms with Crippen LogP contribution in [0.5, 0.6) is 0 Å². The monoisotopic (exact) mass is 318 g/mol. The first kappa shape index (κ1) is 16.4. The van der Waals surface area contributed by atoms with E-state index in [9.17, 15) is 0 Å². The molecule has 0 atom stereocenters. The van der Waals surface area contributed by atoms with E-state index in [2.05, 4.69) is 45.6 Å². The fraction of sp³-hybridized carbons (Fsp3) is 0.353. The molecule has 2 rings (SSSR count). The van der Waals surface area contributed by atoms with E-state index < -0.39 is 0 Å². The van der Waals surface area contributed by atoms with Gasteiger partial charge in [0, 0.05) is 43.6 Å². The number of benzene rings is 1. The number of hydrogen-bond donors (Lipinski definition) is 2. The third-order valence-corrected chi connectivity index (χ3v) is 3.47. The molecule has 5 heteroatoms. The standard InChI is InChI=1S/C17H23ClN4/c1-2-19-17(21-10-13-22-11-3-4-12-22)20-9-8-15-6-5-7-16(18)14-15/h3-7,11-12,14H,2,8-10,13H2,1H3,(H2,19,20,21). The predicted octanol–water partition coefficient (Wildman–Crippen LogP) is 2.94. The third-order valence-electron chi connectivity index (χ3n) is 3.23. The summed E-state index contributed by atoms with van der Waals surface area (Å²) >= 11 is 5.99. The molecule has 0 aliphatic carbocycles. The van der Waals surface area contributed by atoms with Crippen molar-refractivity contribution in [2.75, 3.05) is 19.6 Å². The molecule has 4 nitrogen and oxygen atoms in total. The van der Waals surface area contributed by atoms with Gasteiger partial charge in [-0.15, -0.1) is 0 Å². The van der Waals surface area contributed by atoms with Gasteiger partial charge in [0.2, 0.25) is 0 Å². The highest BCUT2D eigenvalue weighted by atomic mass is 35.5. The van der Waals surface area contributed by atoms with Gasteiger partial charge in [-0.2, -0.15) is 0 Å². The number of hydrogen-bond acceptors (Lipinski definition) is 1. The lowest BCUT2D eigenvalue weighted by atomic mass is 10.1. The summed E-state index contributed by atoms with van der Waals surface area (Å²) in [5.41, 5.74) is 1.21. The van der Waals surface area contributed by atoms with Crippen molar-refractivity contribution in [3.63, 3.8) is 0 Å². The second-order valence-corrected chi connectivity index (χ2v) is 5.42. The summed E-state index contributed by atoms with van der Waals surface area (Å²) in [7, 11) is 0. The molecule has 0 fully saturated rings. The minimum absolute atomic E-state index is 0.735. The minimum Gasteiger partial charge on any atom is -0.357 e. The number of aliphatic imine (C=N–C) groups is 1. The Morgan fingerprint density at radius 1 is 1.18 bits per heavy atom. The summed E-state index contributed by atoms with van der Waals surface area (Å²) < 4.78 is 2.14. The van der Waals surface area contributed by atoms with E-state index in [1.165, 1.54) is 5.56 Å². The summed E-state index contributed by atoms with van der Waals surface area (Å²) in [6.45, 7) is 5.43. The predicted molar refractivity (Wildman–Crippen MR) is 93.6 cm³/mol. The maximum atomic E-state index is 5.99. The van der Waals surface area contributed by atoms with Crippen LogP contribution in [-0.4, -0.2) is 30.2 Å². The molecule has 0 aliphatic heterocycles. The topological polar surface area (TPSA) is 41.4 Å². The Labute approximate surface area is 137 Å². The Balaban J connectivity index is 1.78. The number of halogens is 1. The van der Waals surface area contributed by atoms with Gasteiger partial charge in [-0.3, -0.25) is 4.99 Å². The molecule has 0 saturated heterocycles. The zero-order chi connectivity index (χ0) is 15.6. The summed E-state index contributed by atoms with van der Waals surface area (Å²) in [4.78, 5) is 4.60. The third kappa shape index (κ3) is 5.82. The molecule has 2 aromatic rings. The lowest BCUT2D eigenvalue weighted by molar-refractivity contribution is 0.665. The highest BCUT2D eigenvalue weighted by molar-refractivity contribution is 6.30. The highest BCUT2D eigenvalue weighted by Gasteiger charge is 1.98. The highest BCUT2D eigenvalue weighted by Crippen LogP contribution is 2.10. The van der Waals surface area contributed by atoms with Gasteiger partial charge in [0.1, 0.15) is 0 Å². The zero-order valence-electron chi connectivity index (χ0n) is 12.9. The van der Waals surface area contributed by atoms with Gasteiger partial charge >= 0.3 is 0 Å². The molecule has 0 radical (unpaired) electrons. The van der Waals surface area contributed by atoms with Crippen LogP contribution < -0.4 is 10.6 Å². The Bertz CT molecular complexity index is 578. The second-order valence-electron chi connectivity index (χ2n) is 4.99. The minimum atomic E-state index is 0.735. The van der Waals surface area contributed by atoms with Crippen LogP contribution in [0.15, 0.2) is 53.8 Å². The van der Waals surface area contributed by atoms with Crippen LogP contribution in [0.2, 0.25) is 5.02 Å². The van der Waals surface area contributed by atoms with Crippen LogP contribution in [-0.2, 0) is 13.0 Å². The number of nitrogens with zero attached hydrogens (tertiary/aromatic N) is 2. The van der Waals surface area contributed by atoms with Crippen molar-refractivity contribution in [2.45, 2.75) is 19.9 Å². The summed E-state index contributed by atoms with van der Waals surface area (Å²) in [6, 6.07) is 12.0. The van der Waals surface area contributed by atoms with Crippen LogP contribution in [0.3, 0.4) is 0 Å². The van der Waals surface area contributed by atoms with Crippen LogP contribution in [0.4, 0.5) is 0 Å². The van der Waals surface area contributed by atoms with Crippen molar-refractivity contribution in [3.05, 3.63) is 59.4 Å². The van der Waals surface area contributed by atoms with Gasteiger partial charge < -0.3 is 15.2 Å². The van der Waals surface area contributed by atoms with E-state index in [4.69, 9.17) is 11.6 Å². The van der Waals surface area contributed by atoms with Gasteiger partial charge in [-0.25, -0.2) is 0 Å². The molecule has 0 spiro atoms. The maximum Gasteiger partial charge on any atom is 0.191 e. The molecule has 0 aliphatic rings. The average Bonchev–Trinajstić information content (AvgIpc) is 3.01. The van der Waals surface area contributed by atoms with Crippen LogP contribution in [0, 0.1) is 0 Å². The maximum absolute atomic E-state index is 5.99. The molecular formula is C17H23ClN4. The number of rotatable bonds is 7. The normalized spacial score (nSPS) is 11.5. The number of aromatic nitrogens is 1. The molecule has 0 unspecified atom stereocenters. The van der Waals surface area contributed by atoms with Crippen LogP contribution in [0.1, 0.15) is 12.5 Å². The van der Waals surface area contributed by atoms with Crippen LogP contribution >= 0.6 is 11.6 Å². The SMILES string of the molecule is CCNC(=NCCc1cccc(Cl)c1)NCCn1cccc1. The van der Waals surface area contributed by atoms with Gasteiger partial charge in [-0.05, 0) is 43.2 Å². The van der Waals surface area contributed by atoms with Crippen molar-refractivity contribution in [2.24, 2.45) is 4.99 Å². The second kappa shape index (κ2) is 9.15. The Morgan fingerprint density at radius 3 is 2.73 bits per heavy atom. The van der Waals surface area contributed by atoms with Crippen molar-refractivity contribution in [1.29, 1.82) is 0 Å². The molecule has 1 aromatic carbocycles. The number of nitrogens with one attached hydrogen (secondary N) is 2. The molecule has 22 heavy (non-hydrogen) atoms. The first-order valence-electron chi connectivity index (χ1n) is 7.65. The largest absolute Gasteiger partial charge is 0.357 e. The van der Waals surface area contributed by atoms with Crippen molar-refractivity contribution < 1.29 is 0 Å². The van der Waals surface area contributed by atoms with E-state index >= 15 is 0 Å². The number of guanidine groups is 1. The summed E-state index contributed by atoms with van der Waals surface area (Å²) in [6.07, 6.45) is 5.00. The molecule has 2 N–H and O–H groups in total. The molecule has 118 valence electrons. The van der Waals surface area contributed by atoms with Gasteiger partial charge in [0.15, 0.2) is 5.96 Å². The van der Waals surface area contributed by atoms with Crippen molar-refractivity contribution >= 4 is 17.6 Å². The first-order chi connectivity index (χ1) is 10.8.